The smallest absolute Gasteiger partial charge is 0.141 e. The number of halogens is 4. The maximum absolute atomic E-state index is 12.3. The predicted molar refractivity (Wildman–Crippen MR) is 208 cm³/mol. The van der Waals surface area contributed by atoms with Crippen molar-refractivity contribution in [2.24, 2.45) is 0 Å². The molecule has 48 heavy (non-hydrogen) atoms. The maximum Gasteiger partial charge on any atom is 0.141 e. The van der Waals surface area contributed by atoms with Gasteiger partial charge in [0, 0.05) is 68.4 Å². The van der Waals surface area contributed by atoms with Crippen molar-refractivity contribution in [2.45, 2.75) is 25.7 Å². The monoisotopic (exact) mass is 886 g/mol. The van der Waals surface area contributed by atoms with Gasteiger partial charge >= 0.3 is 0 Å². The summed E-state index contributed by atoms with van der Waals surface area (Å²) in [7, 11) is 0. The van der Waals surface area contributed by atoms with Crippen LogP contribution in [-0.2, 0) is 35.3 Å². The number of rotatable bonds is 10. The number of nitrogens with zero attached hydrogens (tertiary/aromatic N) is 2. The van der Waals surface area contributed by atoms with Crippen molar-refractivity contribution in [2.75, 3.05) is 0 Å². The van der Waals surface area contributed by atoms with Gasteiger partial charge in [0.15, 0.2) is 0 Å². The zero-order valence-corrected chi connectivity index (χ0v) is 32.1. The normalized spacial score (nSPS) is 10.6. The molecule has 0 saturated carbocycles. The average Bonchev–Trinajstić information content (AvgIpc) is 3.05. The number of benzene rings is 4. The van der Waals surface area contributed by atoms with Gasteiger partial charge in [-0.3, -0.25) is 19.6 Å². The molecule has 0 aliphatic heterocycles. The number of carbonyl (C=O) groups is 2. The van der Waals surface area contributed by atoms with Crippen LogP contribution >= 0.6 is 63.7 Å². The van der Waals surface area contributed by atoms with Crippen LogP contribution in [0.2, 0.25) is 0 Å². The lowest BCUT2D eigenvalue weighted by Gasteiger charge is -2.05. The molecule has 0 saturated heterocycles. The summed E-state index contributed by atoms with van der Waals surface area (Å²) in [5.41, 5.74) is 8.44. The molecule has 0 spiro atoms. The van der Waals surface area contributed by atoms with E-state index >= 15 is 0 Å². The van der Waals surface area contributed by atoms with Crippen molar-refractivity contribution in [3.05, 3.63) is 174 Å². The quantitative estimate of drug-likeness (QED) is 0.137. The van der Waals surface area contributed by atoms with Crippen molar-refractivity contribution in [3.8, 4) is 22.3 Å². The standard InChI is InChI=1S/2C20H15Br2NO/c2*21-18-8-15(9-19(22)12-18)11-20(24)10-14-3-5-16(6-4-14)17-2-1-7-23-13-17/h2*1-9,12-13H,10-11H2. The third-order valence-electron chi connectivity index (χ3n) is 7.35. The SMILES string of the molecule is O=C(Cc1ccc(-c2cccnc2)cc1)Cc1cc(Br)cc(Br)c1.O=C(Cc1ccc(-c2cccnc2)cc1)Cc1cc(Br)cc(Br)c1. The summed E-state index contributed by atoms with van der Waals surface area (Å²) in [4.78, 5) is 32.9. The van der Waals surface area contributed by atoms with Crippen LogP contribution in [0.4, 0.5) is 0 Å². The number of aromatic nitrogens is 2. The molecule has 0 unspecified atom stereocenters. The summed E-state index contributed by atoms with van der Waals surface area (Å²) in [6, 6.07) is 35.9. The van der Waals surface area contributed by atoms with Crippen LogP contribution in [0.3, 0.4) is 0 Å². The molecule has 240 valence electrons. The van der Waals surface area contributed by atoms with Crippen LogP contribution in [0.25, 0.3) is 22.3 Å². The molecule has 0 amide bonds. The number of hydrogen-bond donors (Lipinski definition) is 0. The molecule has 6 aromatic rings. The maximum atomic E-state index is 12.3. The van der Waals surface area contributed by atoms with Crippen LogP contribution in [0.15, 0.2) is 152 Å². The second-order valence-electron chi connectivity index (χ2n) is 11.2. The summed E-state index contributed by atoms with van der Waals surface area (Å²) >= 11 is 13.8. The van der Waals surface area contributed by atoms with E-state index in [4.69, 9.17) is 0 Å². The number of ketones is 2. The first-order valence-electron chi connectivity index (χ1n) is 15.1. The Morgan fingerprint density at radius 1 is 0.417 bits per heavy atom. The minimum Gasteiger partial charge on any atom is -0.299 e. The third kappa shape index (κ3) is 11.3. The summed E-state index contributed by atoms with van der Waals surface area (Å²) in [6.07, 6.45) is 8.95. The van der Waals surface area contributed by atoms with E-state index in [-0.39, 0.29) is 11.6 Å². The lowest BCUT2D eigenvalue weighted by Crippen LogP contribution is -2.06. The van der Waals surface area contributed by atoms with E-state index in [1.54, 1.807) is 12.4 Å². The van der Waals surface area contributed by atoms with Crippen molar-refractivity contribution < 1.29 is 9.59 Å². The first-order chi connectivity index (χ1) is 23.2. The molecule has 0 fully saturated rings. The van der Waals surface area contributed by atoms with Gasteiger partial charge in [0.1, 0.15) is 11.6 Å². The molecular formula is C40H30Br4N2O2. The highest BCUT2D eigenvalue weighted by Crippen LogP contribution is 2.24. The Kier molecular flexibility index (Phi) is 13.2. The Hall–Kier alpha value is -3.56. The largest absolute Gasteiger partial charge is 0.299 e. The second kappa shape index (κ2) is 17.7. The molecule has 2 aromatic heterocycles. The molecule has 2 heterocycles. The highest BCUT2D eigenvalue weighted by Gasteiger charge is 2.09. The number of hydrogen-bond acceptors (Lipinski definition) is 4. The summed E-state index contributed by atoms with van der Waals surface area (Å²) in [6.45, 7) is 0. The molecule has 4 aromatic carbocycles. The minimum atomic E-state index is 0.203. The number of Topliss-reactive ketones (excluding diaryl/α,β-unsaturated/α-hetero) is 2. The summed E-state index contributed by atoms with van der Waals surface area (Å²) in [5.74, 6) is 0.406. The highest BCUT2D eigenvalue weighted by molar-refractivity contribution is 9.11. The fourth-order valence-electron chi connectivity index (χ4n) is 5.16. The molecule has 0 aliphatic rings. The van der Waals surface area contributed by atoms with Gasteiger partial charge in [0.25, 0.3) is 0 Å². The van der Waals surface area contributed by atoms with Crippen LogP contribution in [0, 0.1) is 0 Å². The molecule has 0 N–H and O–H groups in total. The zero-order chi connectivity index (χ0) is 33.9. The minimum absolute atomic E-state index is 0.203. The van der Waals surface area contributed by atoms with E-state index in [2.05, 4.69) is 73.7 Å². The lowest BCUT2D eigenvalue weighted by atomic mass is 10.0. The fourth-order valence-corrected chi connectivity index (χ4v) is 7.94. The topological polar surface area (TPSA) is 59.9 Å². The van der Waals surface area contributed by atoms with E-state index in [0.29, 0.717) is 25.7 Å². The molecular weight excluding hydrogens is 860 g/mol. The van der Waals surface area contributed by atoms with Gasteiger partial charge in [-0.25, -0.2) is 0 Å². The van der Waals surface area contributed by atoms with Crippen LogP contribution in [0.5, 0.6) is 0 Å². The van der Waals surface area contributed by atoms with Gasteiger partial charge < -0.3 is 0 Å². The fraction of sp³-hybridized carbons (Fsp3) is 0.100. The Morgan fingerprint density at radius 3 is 1.06 bits per heavy atom. The van der Waals surface area contributed by atoms with Crippen molar-refractivity contribution in [1.82, 2.24) is 9.97 Å². The Bertz CT molecular complexity index is 1800. The Morgan fingerprint density at radius 2 is 0.750 bits per heavy atom. The summed E-state index contributed by atoms with van der Waals surface area (Å²) < 4.78 is 3.89. The van der Waals surface area contributed by atoms with Gasteiger partial charge in [0.2, 0.25) is 0 Å². The van der Waals surface area contributed by atoms with E-state index in [1.807, 2.05) is 122 Å². The first-order valence-corrected chi connectivity index (χ1v) is 18.3. The van der Waals surface area contributed by atoms with Crippen LogP contribution in [0.1, 0.15) is 22.3 Å². The third-order valence-corrected chi connectivity index (χ3v) is 9.18. The molecule has 6 rings (SSSR count). The van der Waals surface area contributed by atoms with E-state index in [1.165, 1.54) is 0 Å². The molecule has 0 radical (unpaired) electrons. The van der Waals surface area contributed by atoms with E-state index < -0.39 is 0 Å². The van der Waals surface area contributed by atoms with Crippen molar-refractivity contribution >= 4 is 75.3 Å². The zero-order valence-electron chi connectivity index (χ0n) is 25.8. The van der Waals surface area contributed by atoms with Gasteiger partial charge in [-0.15, -0.1) is 0 Å². The lowest BCUT2D eigenvalue weighted by molar-refractivity contribution is -0.118. The molecule has 0 atom stereocenters. The van der Waals surface area contributed by atoms with Gasteiger partial charge in [-0.1, -0.05) is 124 Å². The second-order valence-corrected chi connectivity index (χ2v) is 14.9. The van der Waals surface area contributed by atoms with E-state index in [9.17, 15) is 9.59 Å². The Labute approximate surface area is 314 Å². The molecule has 4 nitrogen and oxygen atoms in total. The van der Waals surface area contributed by atoms with Gasteiger partial charge in [-0.2, -0.15) is 0 Å². The number of carbonyl (C=O) groups excluding carboxylic acids is 2. The van der Waals surface area contributed by atoms with Crippen molar-refractivity contribution in [1.29, 1.82) is 0 Å². The predicted octanol–water partition coefficient (Wildman–Crippen LogP) is 11.3. The average molecular weight is 890 g/mol. The molecule has 8 heteroatoms. The van der Waals surface area contributed by atoms with Gasteiger partial charge in [0.05, 0.1) is 0 Å². The summed E-state index contributed by atoms with van der Waals surface area (Å²) in [5, 5.41) is 0. The highest BCUT2D eigenvalue weighted by atomic mass is 79.9. The van der Waals surface area contributed by atoms with Gasteiger partial charge in [-0.05, 0) is 93.0 Å². The molecule has 0 bridgehead atoms. The van der Waals surface area contributed by atoms with Crippen LogP contribution < -0.4 is 0 Å². The number of pyridine rings is 2. The molecule has 0 aliphatic carbocycles. The Balaban J connectivity index is 0.000000188. The van der Waals surface area contributed by atoms with Crippen molar-refractivity contribution in [3.63, 3.8) is 0 Å². The van der Waals surface area contributed by atoms with E-state index in [0.717, 1.165) is 62.4 Å². The van der Waals surface area contributed by atoms with Crippen LogP contribution in [-0.4, -0.2) is 21.5 Å². The first kappa shape index (κ1) is 35.7.